The van der Waals surface area contributed by atoms with Gasteiger partial charge in [0.05, 0.1) is 11.9 Å². The van der Waals surface area contributed by atoms with E-state index in [1.165, 1.54) is 6.21 Å². The van der Waals surface area contributed by atoms with Crippen LogP contribution in [-0.2, 0) is 14.5 Å². The molecule has 142 valence electrons. The van der Waals surface area contributed by atoms with Crippen molar-refractivity contribution >= 4 is 23.6 Å². The van der Waals surface area contributed by atoms with Gasteiger partial charge in [0.15, 0.2) is 0 Å². The minimum Gasteiger partial charge on any atom is -0.377 e. The van der Waals surface area contributed by atoms with Crippen molar-refractivity contribution in [2.45, 2.75) is 53.6 Å². The first-order valence-electron chi connectivity index (χ1n) is 9.05. The number of oxime groups is 2. The maximum absolute atomic E-state index is 12.3. The maximum Gasteiger partial charge on any atom is 0.381 e. The van der Waals surface area contributed by atoms with Crippen LogP contribution in [0.15, 0.2) is 34.6 Å². The smallest absolute Gasteiger partial charge is 0.377 e. The van der Waals surface area contributed by atoms with E-state index in [1.54, 1.807) is 6.92 Å². The highest BCUT2D eigenvalue weighted by Gasteiger charge is 2.46. The number of hydrogen-bond acceptors (Lipinski definition) is 6. The van der Waals surface area contributed by atoms with Gasteiger partial charge in [-0.1, -0.05) is 43.2 Å². The van der Waals surface area contributed by atoms with Gasteiger partial charge in [0, 0.05) is 30.6 Å². The van der Waals surface area contributed by atoms with Crippen LogP contribution in [0.3, 0.4) is 0 Å². The molecule has 1 heterocycles. The molecule has 0 radical (unpaired) electrons. The van der Waals surface area contributed by atoms with Gasteiger partial charge in [-0.2, -0.15) is 0 Å². The molecular weight excluding hydrogens is 330 g/mol. The highest BCUT2D eigenvalue weighted by atomic mass is 16.7. The van der Waals surface area contributed by atoms with Gasteiger partial charge in [-0.15, -0.1) is 0 Å². The molecule has 0 aliphatic carbocycles. The molecule has 0 amide bonds. The van der Waals surface area contributed by atoms with Gasteiger partial charge >= 0.3 is 5.97 Å². The number of nitrogens with zero attached hydrogens (tertiary/aromatic N) is 3. The molecular formula is C20H29N3O3. The summed E-state index contributed by atoms with van der Waals surface area (Å²) in [6.45, 7) is 13.9. The molecule has 0 saturated heterocycles. The molecule has 1 atom stereocenters. The summed E-state index contributed by atoms with van der Waals surface area (Å²) in [7, 11) is 0. The first-order chi connectivity index (χ1) is 12.2. The SMILES string of the molecule is CCN(CC)c1ccc(/C=N/OC(=O)C2(C)CC(C(C)(C)C)=NO2)cc1. The fraction of sp³-hybridized carbons (Fsp3) is 0.550. The third-order valence-electron chi connectivity index (χ3n) is 4.52. The summed E-state index contributed by atoms with van der Waals surface area (Å²) in [6, 6.07) is 7.95. The molecule has 1 aromatic carbocycles. The first-order valence-corrected chi connectivity index (χ1v) is 9.05. The van der Waals surface area contributed by atoms with Gasteiger partial charge < -0.3 is 14.6 Å². The lowest BCUT2D eigenvalue weighted by Crippen LogP contribution is -2.37. The zero-order chi connectivity index (χ0) is 19.4. The molecule has 0 fully saturated rings. The number of hydrogen-bond donors (Lipinski definition) is 0. The largest absolute Gasteiger partial charge is 0.381 e. The molecule has 0 spiro atoms. The predicted molar refractivity (Wildman–Crippen MR) is 105 cm³/mol. The molecule has 6 heteroatoms. The average Bonchev–Trinajstić information content (AvgIpc) is 3.01. The second kappa shape index (κ2) is 7.89. The fourth-order valence-corrected chi connectivity index (χ4v) is 2.64. The van der Waals surface area contributed by atoms with E-state index >= 15 is 0 Å². The Hall–Kier alpha value is -2.37. The Labute approximate surface area is 155 Å². The van der Waals surface area contributed by atoms with Crippen molar-refractivity contribution in [3.05, 3.63) is 29.8 Å². The van der Waals surface area contributed by atoms with Crippen LogP contribution in [0.4, 0.5) is 5.69 Å². The minimum absolute atomic E-state index is 0.145. The summed E-state index contributed by atoms with van der Waals surface area (Å²) < 4.78 is 0. The van der Waals surface area contributed by atoms with Crippen LogP contribution < -0.4 is 4.90 Å². The Morgan fingerprint density at radius 2 is 1.92 bits per heavy atom. The van der Waals surface area contributed by atoms with Crippen molar-refractivity contribution in [2.24, 2.45) is 15.7 Å². The summed E-state index contributed by atoms with van der Waals surface area (Å²) in [5.74, 6) is -0.545. The minimum atomic E-state index is -1.12. The average molecular weight is 359 g/mol. The molecule has 0 N–H and O–H groups in total. The summed E-state index contributed by atoms with van der Waals surface area (Å²) in [5, 5.41) is 7.86. The lowest BCUT2D eigenvalue weighted by atomic mass is 9.84. The molecule has 1 aromatic rings. The van der Waals surface area contributed by atoms with Crippen molar-refractivity contribution in [3.8, 4) is 0 Å². The summed E-state index contributed by atoms with van der Waals surface area (Å²) >= 11 is 0. The van der Waals surface area contributed by atoms with E-state index in [1.807, 2.05) is 45.0 Å². The van der Waals surface area contributed by atoms with Gasteiger partial charge in [-0.3, -0.25) is 0 Å². The molecule has 1 aliphatic rings. The van der Waals surface area contributed by atoms with E-state index in [-0.39, 0.29) is 5.41 Å². The number of carbonyl (C=O) groups is 1. The Bertz CT molecular complexity index is 685. The quantitative estimate of drug-likeness (QED) is 0.438. The van der Waals surface area contributed by atoms with E-state index in [4.69, 9.17) is 9.68 Å². The van der Waals surface area contributed by atoms with E-state index in [9.17, 15) is 4.79 Å². The topological polar surface area (TPSA) is 63.5 Å². The van der Waals surface area contributed by atoms with Crippen LogP contribution >= 0.6 is 0 Å². The molecule has 0 aromatic heterocycles. The van der Waals surface area contributed by atoms with Crippen molar-refractivity contribution in [1.29, 1.82) is 0 Å². The molecule has 0 saturated carbocycles. The van der Waals surface area contributed by atoms with Gasteiger partial charge in [-0.25, -0.2) is 4.79 Å². The first kappa shape index (κ1) is 19.9. The number of carbonyl (C=O) groups excluding carboxylic acids is 1. The van der Waals surface area contributed by atoms with Crippen LogP contribution in [0.5, 0.6) is 0 Å². The lowest BCUT2D eigenvalue weighted by Gasteiger charge is -2.20. The zero-order valence-corrected chi connectivity index (χ0v) is 16.6. The van der Waals surface area contributed by atoms with Gasteiger partial charge in [0.25, 0.3) is 0 Å². The molecule has 1 aliphatic heterocycles. The number of rotatable bonds is 6. The zero-order valence-electron chi connectivity index (χ0n) is 16.6. The molecule has 0 bridgehead atoms. The van der Waals surface area contributed by atoms with Gasteiger partial charge in [0.1, 0.15) is 0 Å². The van der Waals surface area contributed by atoms with E-state index in [0.29, 0.717) is 6.42 Å². The van der Waals surface area contributed by atoms with Crippen LogP contribution in [0.25, 0.3) is 0 Å². The second-order valence-corrected chi connectivity index (χ2v) is 7.66. The third kappa shape index (κ3) is 4.62. The third-order valence-corrected chi connectivity index (χ3v) is 4.52. The Morgan fingerprint density at radius 1 is 1.31 bits per heavy atom. The second-order valence-electron chi connectivity index (χ2n) is 7.66. The van der Waals surface area contributed by atoms with Crippen LogP contribution in [0.2, 0.25) is 0 Å². The van der Waals surface area contributed by atoms with E-state index in [2.05, 4.69) is 29.1 Å². The monoisotopic (exact) mass is 359 g/mol. The van der Waals surface area contributed by atoms with Crippen LogP contribution in [0, 0.1) is 5.41 Å². The van der Waals surface area contributed by atoms with E-state index < -0.39 is 11.6 Å². The van der Waals surface area contributed by atoms with Crippen LogP contribution in [-0.4, -0.2) is 36.6 Å². The van der Waals surface area contributed by atoms with Crippen molar-refractivity contribution in [3.63, 3.8) is 0 Å². The molecule has 2 rings (SSSR count). The number of benzene rings is 1. The Balaban J connectivity index is 1.93. The molecule has 26 heavy (non-hydrogen) atoms. The molecule has 6 nitrogen and oxygen atoms in total. The van der Waals surface area contributed by atoms with Crippen molar-refractivity contribution in [1.82, 2.24) is 0 Å². The Kier molecular flexibility index (Phi) is 6.05. The lowest BCUT2D eigenvalue weighted by molar-refractivity contribution is -0.167. The van der Waals surface area contributed by atoms with Gasteiger partial charge in [0.2, 0.25) is 5.60 Å². The summed E-state index contributed by atoms with van der Waals surface area (Å²) in [4.78, 5) is 24.9. The van der Waals surface area contributed by atoms with E-state index in [0.717, 1.165) is 30.1 Å². The number of anilines is 1. The van der Waals surface area contributed by atoms with Gasteiger partial charge in [-0.05, 0) is 38.5 Å². The Morgan fingerprint density at radius 3 is 2.42 bits per heavy atom. The normalized spacial score (nSPS) is 20.0. The maximum atomic E-state index is 12.3. The summed E-state index contributed by atoms with van der Waals surface area (Å²) in [5.41, 5.74) is 1.59. The predicted octanol–water partition coefficient (Wildman–Crippen LogP) is 3.99. The summed E-state index contributed by atoms with van der Waals surface area (Å²) in [6.07, 6.45) is 1.93. The van der Waals surface area contributed by atoms with Crippen LogP contribution in [0.1, 0.15) is 53.5 Å². The highest BCUT2D eigenvalue weighted by Crippen LogP contribution is 2.32. The molecule has 1 unspecified atom stereocenters. The fourth-order valence-electron chi connectivity index (χ4n) is 2.64. The van der Waals surface area contributed by atoms with Crippen molar-refractivity contribution in [2.75, 3.05) is 18.0 Å². The standard InChI is InChI=1S/C20H29N3O3/c1-7-23(8-2)16-11-9-15(10-12-16)14-21-25-18(24)20(6)13-17(22-26-20)19(3,4)5/h9-12,14H,7-8,13H2,1-6H3/b21-14+. The van der Waals surface area contributed by atoms with Crippen molar-refractivity contribution < 1.29 is 14.5 Å². The highest BCUT2D eigenvalue weighted by molar-refractivity contribution is 5.96.